The zero-order valence-corrected chi connectivity index (χ0v) is 19.1. The number of carbonyl (C=O) groups is 1. The molecule has 0 saturated carbocycles. The lowest BCUT2D eigenvalue weighted by Gasteiger charge is -2.23. The average Bonchev–Trinajstić information content (AvgIpc) is 2.71. The molecule has 0 heterocycles. The summed E-state index contributed by atoms with van der Waals surface area (Å²) in [6, 6.07) is 22.4. The van der Waals surface area contributed by atoms with Gasteiger partial charge in [0.05, 0.1) is 24.5 Å². The highest BCUT2D eigenvalue weighted by Gasteiger charge is 2.19. The van der Waals surface area contributed by atoms with Crippen molar-refractivity contribution in [3.8, 4) is 0 Å². The molecule has 0 aliphatic heterocycles. The largest absolute Gasteiger partial charge is 0.346 e. The second kappa shape index (κ2) is 9.35. The summed E-state index contributed by atoms with van der Waals surface area (Å²) in [6.45, 7) is 6.03. The van der Waals surface area contributed by atoms with Crippen molar-refractivity contribution >= 4 is 21.6 Å². The molecular formula is C25H28N2O3S. The summed E-state index contributed by atoms with van der Waals surface area (Å²) in [5, 5.41) is 2.99. The molecule has 0 aliphatic rings. The molecule has 3 rings (SSSR count). The number of amides is 1. The molecule has 3 aromatic carbocycles. The van der Waals surface area contributed by atoms with Crippen LogP contribution in [0.25, 0.3) is 0 Å². The first-order chi connectivity index (χ1) is 14.6. The van der Waals surface area contributed by atoms with E-state index in [4.69, 9.17) is 0 Å². The van der Waals surface area contributed by atoms with E-state index >= 15 is 0 Å². The minimum Gasteiger partial charge on any atom is -0.346 e. The highest BCUT2D eigenvalue weighted by molar-refractivity contribution is 7.92. The number of hydrogen-bond acceptors (Lipinski definition) is 3. The van der Waals surface area contributed by atoms with Crippen molar-refractivity contribution in [3.05, 3.63) is 101 Å². The van der Waals surface area contributed by atoms with Crippen molar-refractivity contribution in [3.63, 3.8) is 0 Å². The number of nitrogens with zero attached hydrogens (tertiary/aromatic N) is 1. The minimum atomic E-state index is -3.47. The van der Waals surface area contributed by atoms with Gasteiger partial charge in [-0.15, -0.1) is 0 Å². The number of rotatable bonds is 7. The molecule has 0 aliphatic carbocycles. The maximum absolute atomic E-state index is 12.6. The van der Waals surface area contributed by atoms with Gasteiger partial charge < -0.3 is 5.32 Å². The Labute approximate surface area is 184 Å². The lowest BCUT2D eigenvalue weighted by Crippen LogP contribution is -2.29. The monoisotopic (exact) mass is 436 g/mol. The van der Waals surface area contributed by atoms with Crippen LogP contribution in [0.15, 0.2) is 72.8 Å². The van der Waals surface area contributed by atoms with Crippen molar-refractivity contribution in [2.24, 2.45) is 0 Å². The molecule has 162 valence electrons. The van der Waals surface area contributed by atoms with Crippen molar-refractivity contribution in [1.82, 2.24) is 5.32 Å². The summed E-state index contributed by atoms with van der Waals surface area (Å²) in [4.78, 5) is 12.6. The maximum atomic E-state index is 12.6. The zero-order chi connectivity index (χ0) is 22.6. The Balaban J connectivity index is 1.75. The number of hydrogen-bond donors (Lipinski definition) is 1. The summed E-state index contributed by atoms with van der Waals surface area (Å²) in [7, 11) is -3.47. The lowest BCUT2D eigenvalue weighted by molar-refractivity contribution is 0.0940. The van der Waals surface area contributed by atoms with Crippen LogP contribution in [0.2, 0.25) is 0 Å². The molecule has 1 atom stereocenters. The van der Waals surface area contributed by atoms with Crippen LogP contribution < -0.4 is 9.62 Å². The molecule has 0 aromatic heterocycles. The van der Waals surface area contributed by atoms with Gasteiger partial charge in [0, 0.05) is 5.56 Å². The van der Waals surface area contributed by atoms with Crippen LogP contribution in [-0.4, -0.2) is 20.6 Å². The number of aryl methyl sites for hydroxylation is 2. The van der Waals surface area contributed by atoms with Gasteiger partial charge in [-0.25, -0.2) is 8.42 Å². The number of nitrogens with one attached hydrogen (secondary N) is 1. The van der Waals surface area contributed by atoms with E-state index in [-0.39, 0.29) is 18.5 Å². The van der Waals surface area contributed by atoms with Gasteiger partial charge in [0.2, 0.25) is 10.0 Å². The minimum absolute atomic E-state index is 0.112. The van der Waals surface area contributed by atoms with Crippen LogP contribution in [0.1, 0.15) is 45.6 Å². The lowest BCUT2D eigenvalue weighted by atomic mass is 10.1. The highest BCUT2D eigenvalue weighted by Crippen LogP contribution is 2.24. The zero-order valence-electron chi connectivity index (χ0n) is 18.3. The summed E-state index contributed by atoms with van der Waals surface area (Å²) >= 11 is 0. The Morgan fingerprint density at radius 3 is 2.06 bits per heavy atom. The van der Waals surface area contributed by atoms with Crippen LogP contribution in [0.5, 0.6) is 0 Å². The number of carbonyl (C=O) groups excluding carboxylic acids is 1. The van der Waals surface area contributed by atoms with E-state index in [9.17, 15) is 13.2 Å². The summed E-state index contributed by atoms with van der Waals surface area (Å²) in [5.74, 6) is -0.169. The van der Waals surface area contributed by atoms with Gasteiger partial charge in [0.25, 0.3) is 5.91 Å². The van der Waals surface area contributed by atoms with Crippen LogP contribution in [0.3, 0.4) is 0 Å². The van der Waals surface area contributed by atoms with E-state index in [1.165, 1.54) is 10.6 Å². The third-order valence-corrected chi connectivity index (χ3v) is 6.22. The van der Waals surface area contributed by atoms with E-state index in [0.717, 1.165) is 22.3 Å². The number of anilines is 1. The number of sulfonamides is 1. The first kappa shape index (κ1) is 22.6. The van der Waals surface area contributed by atoms with Crippen LogP contribution >= 0.6 is 0 Å². The van der Waals surface area contributed by atoms with Crippen molar-refractivity contribution < 1.29 is 13.2 Å². The fourth-order valence-electron chi connectivity index (χ4n) is 3.53. The normalized spacial score (nSPS) is 12.3. The summed E-state index contributed by atoms with van der Waals surface area (Å²) in [6.07, 6.45) is 1.21. The molecule has 6 heteroatoms. The molecule has 1 amide bonds. The molecule has 0 fully saturated rings. The van der Waals surface area contributed by atoms with Gasteiger partial charge in [0.1, 0.15) is 0 Å². The van der Waals surface area contributed by atoms with E-state index in [1.807, 2.05) is 69.3 Å². The molecule has 0 spiro atoms. The SMILES string of the molecule is Cc1cc(C)cc(N(Cc2ccc(C(=O)N[C@@H](C)c3ccccc3)cc2)S(C)(=O)=O)c1. The van der Waals surface area contributed by atoms with Crippen LogP contribution in [0.4, 0.5) is 5.69 Å². The van der Waals surface area contributed by atoms with Crippen LogP contribution in [0, 0.1) is 13.8 Å². The third-order valence-electron chi connectivity index (χ3n) is 5.08. The molecule has 0 bridgehead atoms. The third kappa shape index (κ3) is 5.95. The van der Waals surface area contributed by atoms with Crippen molar-refractivity contribution in [1.29, 1.82) is 0 Å². The van der Waals surface area contributed by atoms with E-state index < -0.39 is 10.0 Å². The maximum Gasteiger partial charge on any atom is 0.251 e. The smallest absolute Gasteiger partial charge is 0.251 e. The predicted molar refractivity (Wildman–Crippen MR) is 126 cm³/mol. The van der Waals surface area contributed by atoms with Gasteiger partial charge in [0.15, 0.2) is 0 Å². The van der Waals surface area contributed by atoms with Gasteiger partial charge in [-0.1, -0.05) is 48.5 Å². The Bertz CT molecular complexity index is 1140. The van der Waals surface area contributed by atoms with E-state index in [1.54, 1.807) is 24.3 Å². The first-order valence-corrected chi connectivity index (χ1v) is 12.0. The summed E-state index contributed by atoms with van der Waals surface area (Å²) < 4.78 is 26.3. The number of benzene rings is 3. The average molecular weight is 437 g/mol. The fraction of sp³-hybridized carbons (Fsp3) is 0.240. The second-order valence-corrected chi connectivity index (χ2v) is 9.83. The Morgan fingerprint density at radius 2 is 1.52 bits per heavy atom. The molecule has 0 radical (unpaired) electrons. The molecular weight excluding hydrogens is 408 g/mol. The van der Waals surface area contributed by atoms with Crippen molar-refractivity contribution in [2.75, 3.05) is 10.6 Å². The summed E-state index contributed by atoms with van der Waals surface area (Å²) in [5.41, 5.74) is 5.01. The predicted octanol–water partition coefficient (Wildman–Crippen LogP) is 4.76. The highest BCUT2D eigenvalue weighted by atomic mass is 32.2. The molecule has 3 aromatic rings. The van der Waals surface area contributed by atoms with Crippen LogP contribution in [-0.2, 0) is 16.6 Å². The Morgan fingerprint density at radius 1 is 0.935 bits per heavy atom. The molecule has 1 N–H and O–H groups in total. The molecule has 0 saturated heterocycles. The van der Waals surface area contributed by atoms with Gasteiger partial charge in [-0.2, -0.15) is 0 Å². The van der Waals surface area contributed by atoms with Gasteiger partial charge >= 0.3 is 0 Å². The standard InChI is InChI=1S/C25H28N2O3S/c1-18-14-19(2)16-24(15-18)27(31(4,29)30)17-21-10-12-23(13-11-21)25(28)26-20(3)22-8-6-5-7-9-22/h5-16,20H,17H2,1-4H3,(H,26,28)/t20-/m0/s1. The quantitative estimate of drug-likeness (QED) is 0.581. The second-order valence-electron chi connectivity index (χ2n) is 7.92. The fourth-order valence-corrected chi connectivity index (χ4v) is 4.40. The topological polar surface area (TPSA) is 66.5 Å². The Hall–Kier alpha value is -3.12. The molecule has 5 nitrogen and oxygen atoms in total. The first-order valence-electron chi connectivity index (χ1n) is 10.1. The van der Waals surface area contributed by atoms with Crippen molar-refractivity contribution in [2.45, 2.75) is 33.4 Å². The van der Waals surface area contributed by atoms with Gasteiger partial charge in [-0.05, 0) is 67.3 Å². The Kier molecular flexibility index (Phi) is 6.81. The van der Waals surface area contributed by atoms with E-state index in [0.29, 0.717) is 11.3 Å². The molecule has 0 unspecified atom stereocenters. The van der Waals surface area contributed by atoms with Gasteiger partial charge in [-0.3, -0.25) is 9.10 Å². The van der Waals surface area contributed by atoms with E-state index in [2.05, 4.69) is 5.32 Å². The molecule has 31 heavy (non-hydrogen) atoms.